The zero-order valence-electron chi connectivity index (χ0n) is 7.59. The van der Waals surface area contributed by atoms with Crippen molar-refractivity contribution in [2.24, 2.45) is 0 Å². The second-order valence-corrected chi connectivity index (χ2v) is 4.72. The van der Waals surface area contributed by atoms with Crippen LogP contribution in [-0.2, 0) is 0 Å². The summed E-state index contributed by atoms with van der Waals surface area (Å²) in [7, 11) is -1.47. The summed E-state index contributed by atoms with van der Waals surface area (Å²) < 4.78 is 0.594. The van der Waals surface area contributed by atoms with Gasteiger partial charge in [0.2, 0.25) is 0 Å². The van der Waals surface area contributed by atoms with Crippen molar-refractivity contribution in [1.82, 2.24) is 4.98 Å². The topological polar surface area (TPSA) is 53.4 Å². The molecule has 6 heteroatoms. The highest BCUT2D eigenvalue weighted by atomic mass is 79.9. The van der Waals surface area contributed by atoms with Crippen molar-refractivity contribution in [3.8, 4) is 10.6 Å². The molecule has 2 N–H and O–H groups in total. The van der Waals surface area contributed by atoms with Gasteiger partial charge in [0, 0.05) is 0 Å². The standard InChI is InChI=1S/C9H7BBrNO2S/c11-9-5-6(10(13)14)4-7(12-9)8-2-1-3-15-8/h1-5,13-14H. The van der Waals surface area contributed by atoms with Crippen molar-refractivity contribution in [2.75, 3.05) is 0 Å². The van der Waals surface area contributed by atoms with Crippen LogP contribution < -0.4 is 5.46 Å². The molecule has 0 aromatic carbocycles. The molecule has 0 aliphatic rings. The fraction of sp³-hybridized carbons (Fsp3) is 0. The van der Waals surface area contributed by atoms with Gasteiger partial charge in [0.1, 0.15) is 4.60 Å². The maximum absolute atomic E-state index is 9.08. The Morgan fingerprint density at radius 3 is 2.73 bits per heavy atom. The van der Waals surface area contributed by atoms with Crippen LogP contribution in [0.15, 0.2) is 34.2 Å². The molecule has 2 aromatic heterocycles. The van der Waals surface area contributed by atoms with Crippen molar-refractivity contribution in [1.29, 1.82) is 0 Å². The highest BCUT2D eigenvalue weighted by molar-refractivity contribution is 9.10. The Hall–Kier alpha value is -0.685. The summed E-state index contributed by atoms with van der Waals surface area (Å²) in [4.78, 5) is 5.26. The van der Waals surface area contributed by atoms with E-state index in [1.54, 1.807) is 23.5 Å². The number of nitrogens with zero attached hydrogens (tertiary/aromatic N) is 1. The Labute approximate surface area is 99.7 Å². The van der Waals surface area contributed by atoms with Crippen LogP contribution >= 0.6 is 27.3 Å². The van der Waals surface area contributed by atoms with E-state index in [4.69, 9.17) is 10.0 Å². The number of rotatable bonds is 2. The Balaban J connectivity index is 2.49. The molecule has 3 nitrogen and oxygen atoms in total. The van der Waals surface area contributed by atoms with Crippen molar-refractivity contribution in [3.63, 3.8) is 0 Å². The minimum absolute atomic E-state index is 0.431. The summed E-state index contributed by atoms with van der Waals surface area (Å²) in [5.74, 6) is 0. The molecule has 2 aromatic rings. The third kappa shape index (κ3) is 2.46. The van der Waals surface area contributed by atoms with Gasteiger partial charge in [-0.3, -0.25) is 0 Å². The summed E-state index contributed by atoms with van der Waals surface area (Å²) in [5, 5.41) is 20.1. The molecule has 0 radical (unpaired) electrons. The molecule has 2 heterocycles. The van der Waals surface area contributed by atoms with Gasteiger partial charge in [-0.2, -0.15) is 0 Å². The number of thiophene rings is 1. The molecule has 0 atom stereocenters. The van der Waals surface area contributed by atoms with Gasteiger partial charge in [0.25, 0.3) is 0 Å². The van der Waals surface area contributed by atoms with Crippen molar-refractivity contribution in [2.45, 2.75) is 0 Å². The van der Waals surface area contributed by atoms with E-state index in [9.17, 15) is 0 Å². The molecule has 2 rings (SSSR count). The largest absolute Gasteiger partial charge is 0.488 e. The Bertz CT molecular complexity index is 461. The summed E-state index contributed by atoms with van der Waals surface area (Å²) in [6.45, 7) is 0. The average molecular weight is 284 g/mol. The van der Waals surface area contributed by atoms with E-state index >= 15 is 0 Å². The van der Waals surface area contributed by atoms with E-state index in [1.807, 2.05) is 17.5 Å². The number of hydrogen-bond acceptors (Lipinski definition) is 4. The number of halogens is 1. The van der Waals surface area contributed by atoms with Crippen LogP contribution in [0.2, 0.25) is 0 Å². The Morgan fingerprint density at radius 2 is 2.13 bits per heavy atom. The molecule has 0 saturated carbocycles. The molecule has 0 spiro atoms. The van der Waals surface area contributed by atoms with Gasteiger partial charge >= 0.3 is 7.12 Å². The Morgan fingerprint density at radius 1 is 1.33 bits per heavy atom. The van der Waals surface area contributed by atoms with Crippen LogP contribution in [-0.4, -0.2) is 22.2 Å². The Kier molecular flexibility index (Phi) is 3.21. The molecule has 0 aliphatic carbocycles. The minimum atomic E-state index is -1.47. The summed E-state index contributed by atoms with van der Waals surface area (Å²) >= 11 is 4.80. The maximum atomic E-state index is 9.08. The molecular weight excluding hydrogens is 277 g/mol. The van der Waals surface area contributed by atoms with Crippen molar-refractivity contribution in [3.05, 3.63) is 34.2 Å². The van der Waals surface area contributed by atoms with E-state index in [2.05, 4.69) is 20.9 Å². The summed E-state index contributed by atoms with van der Waals surface area (Å²) in [6.07, 6.45) is 0. The fourth-order valence-electron chi connectivity index (χ4n) is 1.22. The first-order chi connectivity index (χ1) is 7.16. The van der Waals surface area contributed by atoms with Crippen LogP contribution in [0.3, 0.4) is 0 Å². The second kappa shape index (κ2) is 4.44. The van der Waals surface area contributed by atoms with Gasteiger partial charge in [-0.25, -0.2) is 4.98 Å². The first kappa shape index (κ1) is 10.8. The second-order valence-electron chi connectivity index (χ2n) is 2.96. The minimum Gasteiger partial charge on any atom is -0.423 e. The number of pyridine rings is 1. The summed E-state index contributed by atoms with van der Waals surface area (Å²) in [5.41, 5.74) is 1.17. The zero-order valence-corrected chi connectivity index (χ0v) is 9.99. The van der Waals surface area contributed by atoms with E-state index in [0.29, 0.717) is 10.1 Å². The number of aromatic nitrogens is 1. The fourth-order valence-corrected chi connectivity index (χ4v) is 2.36. The third-order valence-electron chi connectivity index (χ3n) is 1.89. The smallest absolute Gasteiger partial charge is 0.423 e. The predicted molar refractivity (Wildman–Crippen MR) is 65.1 cm³/mol. The van der Waals surface area contributed by atoms with E-state index in [1.165, 1.54) is 0 Å². The predicted octanol–water partition coefficient (Wildman–Crippen LogP) is 1.25. The highest BCUT2D eigenvalue weighted by Crippen LogP contribution is 2.23. The maximum Gasteiger partial charge on any atom is 0.488 e. The molecule has 0 amide bonds. The van der Waals surface area contributed by atoms with Gasteiger partial charge in [-0.05, 0) is 45.0 Å². The van der Waals surface area contributed by atoms with Crippen LogP contribution in [0, 0.1) is 0 Å². The molecular formula is C9H7BBrNO2S. The number of hydrogen-bond donors (Lipinski definition) is 2. The highest BCUT2D eigenvalue weighted by Gasteiger charge is 2.14. The summed E-state index contributed by atoms with van der Waals surface area (Å²) in [6, 6.07) is 7.12. The van der Waals surface area contributed by atoms with Gasteiger partial charge in [-0.1, -0.05) is 6.07 Å². The van der Waals surface area contributed by atoms with E-state index in [0.717, 1.165) is 10.6 Å². The van der Waals surface area contributed by atoms with Crippen LogP contribution in [0.25, 0.3) is 10.6 Å². The molecule has 0 saturated heterocycles. The van der Waals surface area contributed by atoms with Crippen LogP contribution in [0.4, 0.5) is 0 Å². The molecule has 15 heavy (non-hydrogen) atoms. The molecule has 76 valence electrons. The van der Waals surface area contributed by atoms with Crippen molar-refractivity contribution < 1.29 is 10.0 Å². The quantitative estimate of drug-likeness (QED) is 0.644. The van der Waals surface area contributed by atoms with Gasteiger partial charge in [-0.15, -0.1) is 11.3 Å². The van der Waals surface area contributed by atoms with E-state index in [-0.39, 0.29) is 0 Å². The lowest BCUT2D eigenvalue weighted by molar-refractivity contribution is 0.425. The third-order valence-corrected chi connectivity index (χ3v) is 3.19. The van der Waals surface area contributed by atoms with Crippen molar-refractivity contribution >= 4 is 39.8 Å². The van der Waals surface area contributed by atoms with Gasteiger partial charge < -0.3 is 10.0 Å². The van der Waals surface area contributed by atoms with Gasteiger partial charge in [0.15, 0.2) is 0 Å². The van der Waals surface area contributed by atoms with Crippen LogP contribution in [0.5, 0.6) is 0 Å². The zero-order chi connectivity index (χ0) is 10.8. The van der Waals surface area contributed by atoms with Gasteiger partial charge in [0.05, 0.1) is 10.6 Å². The lowest BCUT2D eigenvalue weighted by Gasteiger charge is -2.03. The molecule has 0 aliphatic heterocycles. The molecule has 0 unspecified atom stereocenters. The first-order valence-corrected chi connectivity index (χ1v) is 5.91. The van der Waals surface area contributed by atoms with E-state index < -0.39 is 7.12 Å². The lowest BCUT2D eigenvalue weighted by Crippen LogP contribution is -2.30. The van der Waals surface area contributed by atoms with Crippen LogP contribution in [0.1, 0.15) is 0 Å². The monoisotopic (exact) mass is 283 g/mol. The molecule has 0 fully saturated rings. The normalized spacial score (nSPS) is 10.3. The molecule has 0 bridgehead atoms. The SMILES string of the molecule is OB(O)c1cc(Br)nc(-c2cccs2)c1. The average Bonchev–Trinajstić information content (AvgIpc) is 2.69. The lowest BCUT2D eigenvalue weighted by atomic mass is 9.80. The first-order valence-electron chi connectivity index (χ1n) is 4.24.